The Morgan fingerprint density at radius 2 is 1.95 bits per heavy atom. The zero-order valence-electron chi connectivity index (χ0n) is 9.82. The molecule has 5 nitrogen and oxygen atoms in total. The average Bonchev–Trinajstić information content (AvgIpc) is 2.38. The highest BCUT2D eigenvalue weighted by Gasteiger charge is 2.01. The van der Waals surface area contributed by atoms with E-state index in [9.17, 15) is 14.0 Å². The number of hydrogen-bond donors (Lipinski definition) is 2. The van der Waals surface area contributed by atoms with Crippen LogP contribution < -0.4 is 16.6 Å². The van der Waals surface area contributed by atoms with Gasteiger partial charge in [0.25, 0.3) is 5.56 Å². The fourth-order valence-electron chi connectivity index (χ4n) is 1.54. The van der Waals surface area contributed by atoms with E-state index in [4.69, 9.17) is 11.6 Å². The molecule has 0 atom stereocenters. The van der Waals surface area contributed by atoms with Crippen molar-refractivity contribution in [1.29, 1.82) is 0 Å². The van der Waals surface area contributed by atoms with Gasteiger partial charge in [0.05, 0.1) is 0 Å². The highest BCUT2D eigenvalue weighted by molar-refractivity contribution is 6.30. The van der Waals surface area contributed by atoms with Crippen molar-refractivity contribution in [3.05, 3.63) is 62.1 Å². The smallest absolute Gasteiger partial charge is 0.328 e. The van der Waals surface area contributed by atoms with Crippen molar-refractivity contribution in [2.24, 2.45) is 0 Å². The number of halogens is 2. The van der Waals surface area contributed by atoms with Gasteiger partial charge in [0.2, 0.25) is 0 Å². The third-order valence-corrected chi connectivity index (χ3v) is 2.76. The first-order chi connectivity index (χ1) is 9.06. The van der Waals surface area contributed by atoms with E-state index in [-0.39, 0.29) is 10.8 Å². The Morgan fingerprint density at radius 3 is 2.63 bits per heavy atom. The molecule has 0 aliphatic heterocycles. The summed E-state index contributed by atoms with van der Waals surface area (Å²) in [7, 11) is 0. The van der Waals surface area contributed by atoms with Crippen LogP contribution in [0.25, 0.3) is 0 Å². The molecule has 0 aliphatic rings. The molecule has 2 aromatic rings. The van der Waals surface area contributed by atoms with Crippen LogP contribution in [-0.2, 0) is 6.54 Å². The Hall–Kier alpha value is -2.08. The number of aromatic nitrogens is 2. The Bertz CT molecular complexity index is 679. The van der Waals surface area contributed by atoms with Gasteiger partial charge in [-0.25, -0.2) is 9.18 Å². The Labute approximate surface area is 112 Å². The number of nitrogens with zero attached hydrogens (tertiary/aromatic N) is 1. The molecule has 0 unspecified atom stereocenters. The quantitative estimate of drug-likeness (QED) is 0.892. The van der Waals surface area contributed by atoms with Gasteiger partial charge in [0.15, 0.2) is 0 Å². The lowest BCUT2D eigenvalue weighted by molar-refractivity contribution is 0.627. The van der Waals surface area contributed by atoms with E-state index < -0.39 is 11.2 Å². The van der Waals surface area contributed by atoms with Crippen molar-refractivity contribution in [2.75, 3.05) is 11.9 Å². The molecule has 2 rings (SSSR count). The fraction of sp³-hybridized carbons (Fsp3) is 0.167. The average molecular weight is 284 g/mol. The fourth-order valence-corrected chi connectivity index (χ4v) is 1.70. The third-order valence-electron chi connectivity index (χ3n) is 2.49. The summed E-state index contributed by atoms with van der Waals surface area (Å²) in [6, 6.07) is 5.87. The summed E-state index contributed by atoms with van der Waals surface area (Å²) >= 11 is 5.63. The van der Waals surface area contributed by atoms with E-state index in [0.29, 0.717) is 13.1 Å². The molecule has 1 heterocycles. The topological polar surface area (TPSA) is 66.9 Å². The molecule has 0 bridgehead atoms. The zero-order valence-corrected chi connectivity index (χ0v) is 10.6. The predicted octanol–water partition coefficient (Wildman–Crippen LogP) is 1.44. The summed E-state index contributed by atoms with van der Waals surface area (Å²) in [5.74, 6) is -0.311. The maximum atomic E-state index is 12.7. The summed E-state index contributed by atoms with van der Waals surface area (Å²) in [4.78, 5) is 24.6. The van der Waals surface area contributed by atoms with Crippen molar-refractivity contribution in [3.8, 4) is 0 Å². The van der Waals surface area contributed by atoms with Gasteiger partial charge in [-0.2, -0.15) is 0 Å². The minimum Gasteiger partial charge on any atom is -0.383 e. The summed E-state index contributed by atoms with van der Waals surface area (Å²) < 4.78 is 14.0. The summed E-state index contributed by atoms with van der Waals surface area (Å²) in [6.45, 7) is 0.765. The number of H-pyrrole nitrogens is 1. The van der Waals surface area contributed by atoms with Crippen molar-refractivity contribution in [1.82, 2.24) is 9.55 Å². The number of benzene rings is 1. The Kier molecular flexibility index (Phi) is 4.01. The molecule has 100 valence electrons. The normalized spacial score (nSPS) is 10.4. The molecule has 0 amide bonds. The molecule has 2 N–H and O–H groups in total. The van der Waals surface area contributed by atoms with Gasteiger partial charge in [-0.3, -0.25) is 14.3 Å². The lowest BCUT2D eigenvalue weighted by Gasteiger charge is -2.08. The lowest BCUT2D eigenvalue weighted by atomic mass is 10.3. The first kappa shape index (κ1) is 13.4. The SMILES string of the molecule is O=c1[nH]c(=O)n(CCNc2ccc(F)cc2)cc1Cl. The van der Waals surface area contributed by atoms with Crippen LogP contribution in [0.4, 0.5) is 10.1 Å². The second-order valence-electron chi connectivity index (χ2n) is 3.86. The van der Waals surface area contributed by atoms with Crippen LogP contribution in [0, 0.1) is 5.82 Å². The van der Waals surface area contributed by atoms with Crippen LogP contribution in [0.5, 0.6) is 0 Å². The van der Waals surface area contributed by atoms with Crippen LogP contribution >= 0.6 is 11.6 Å². The minimum absolute atomic E-state index is 0.0404. The maximum absolute atomic E-state index is 12.7. The van der Waals surface area contributed by atoms with Crippen molar-refractivity contribution >= 4 is 17.3 Å². The molecule has 1 aromatic carbocycles. The van der Waals surface area contributed by atoms with Crippen LogP contribution in [0.15, 0.2) is 40.1 Å². The summed E-state index contributed by atoms with van der Waals surface area (Å²) in [5.41, 5.74) is -0.380. The summed E-state index contributed by atoms with van der Waals surface area (Å²) in [6.07, 6.45) is 1.29. The molecule has 0 saturated heterocycles. The van der Waals surface area contributed by atoms with Gasteiger partial charge in [-0.05, 0) is 24.3 Å². The molecule has 0 saturated carbocycles. The minimum atomic E-state index is -0.602. The molecule has 19 heavy (non-hydrogen) atoms. The van der Waals surface area contributed by atoms with Crippen LogP contribution in [0.3, 0.4) is 0 Å². The highest BCUT2D eigenvalue weighted by atomic mass is 35.5. The van der Waals surface area contributed by atoms with Crippen LogP contribution in [-0.4, -0.2) is 16.1 Å². The van der Waals surface area contributed by atoms with Crippen molar-refractivity contribution in [3.63, 3.8) is 0 Å². The Balaban J connectivity index is 2.00. The van der Waals surface area contributed by atoms with Gasteiger partial charge in [0.1, 0.15) is 10.8 Å². The number of nitrogens with one attached hydrogen (secondary N) is 2. The molecule has 0 aliphatic carbocycles. The second-order valence-corrected chi connectivity index (χ2v) is 4.27. The first-order valence-corrected chi connectivity index (χ1v) is 5.93. The maximum Gasteiger partial charge on any atom is 0.328 e. The predicted molar refractivity (Wildman–Crippen MR) is 71.2 cm³/mol. The van der Waals surface area contributed by atoms with Gasteiger partial charge in [-0.1, -0.05) is 11.6 Å². The monoisotopic (exact) mass is 283 g/mol. The standard InChI is InChI=1S/C12H11ClFN3O2/c13-10-7-17(12(19)16-11(10)18)6-5-15-9-3-1-8(14)2-4-9/h1-4,7,15H,5-6H2,(H,16,18,19). The van der Waals surface area contributed by atoms with E-state index in [1.165, 1.54) is 22.9 Å². The van der Waals surface area contributed by atoms with Gasteiger partial charge in [0, 0.05) is 25.0 Å². The molecule has 7 heteroatoms. The van der Waals surface area contributed by atoms with E-state index >= 15 is 0 Å². The lowest BCUT2D eigenvalue weighted by Crippen LogP contribution is -2.31. The molecular weight excluding hydrogens is 273 g/mol. The highest BCUT2D eigenvalue weighted by Crippen LogP contribution is 2.07. The number of aromatic amines is 1. The number of hydrogen-bond acceptors (Lipinski definition) is 3. The number of anilines is 1. The largest absolute Gasteiger partial charge is 0.383 e. The zero-order chi connectivity index (χ0) is 13.8. The summed E-state index contributed by atoms with van der Waals surface area (Å²) in [5, 5.41) is 2.98. The van der Waals surface area contributed by atoms with Gasteiger partial charge >= 0.3 is 5.69 Å². The first-order valence-electron chi connectivity index (χ1n) is 5.55. The molecule has 0 fully saturated rings. The van der Waals surface area contributed by atoms with Crippen molar-refractivity contribution in [2.45, 2.75) is 6.54 Å². The van der Waals surface area contributed by atoms with Gasteiger partial charge in [-0.15, -0.1) is 0 Å². The van der Waals surface area contributed by atoms with Crippen LogP contribution in [0.2, 0.25) is 5.02 Å². The van der Waals surface area contributed by atoms with E-state index in [1.807, 2.05) is 0 Å². The molecule has 0 spiro atoms. The van der Waals surface area contributed by atoms with Crippen LogP contribution in [0.1, 0.15) is 0 Å². The van der Waals surface area contributed by atoms with Gasteiger partial charge < -0.3 is 5.32 Å². The van der Waals surface area contributed by atoms with E-state index in [0.717, 1.165) is 5.69 Å². The van der Waals surface area contributed by atoms with E-state index in [1.54, 1.807) is 12.1 Å². The molecular formula is C12H11ClFN3O2. The number of rotatable bonds is 4. The molecule has 0 radical (unpaired) electrons. The van der Waals surface area contributed by atoms with E-state index in [2.05, 4.69) is 10.3 Å². The van der Waals surface area contributed by atoms with Crippen molar-refractivity contribution < 1.29 is 4.39 Å². The second kappa shape index (κ2) is 5.71. The Morgan fingerprint density at radius 1 is 1.26 bits per heavy atom. The molecule has 1 aromatic heterocycles. The third kappa shape index (κ3) is 3.45.